The number of rotatable bonds is 12. The number of nitrogens with zero attached hydrogens (tertiary/aromatic N) is 2. The van der Waals surface area contributed by atoms with E-state index < -0.39 is 0 Å². The van der Waals surface area contributed by atoms with Crippen LogP contribution in [-0.2, 0) is 17.1 Å². The van der Waals surface area contributed by atoms with Crippen LogP contribution in [0.2, 0.25) is 0 Å². The summed E-state index contributed by atoms with van der Waals surface area (Å²) in [6.07, 6.45) is 39.5. The van der Waals surface area contributed by atoms with Gasteiger partial charge in [0.1, 0.15) is 0 Å². The first kappa shape index (κ1) is 46.2. The van der Waals surface area contributed by atoms with Gasteiger partial charge in [-0.1, -0.05) is 166 Å². The molecule has 0 aliphatic heterocycles. The van der Waals surface area contributed by atoms with E-state index in [9.17, 15) is 0 Å². The van der Waals surface area contributed by atoms with Crippen LogP contribution in [0.4, 0.5) is 0 Å². The van der Waals surface area contributed by atoms with Crippen molar-refractivity contribution in [3.63, 3.8) is 0 Å². The summed E-state index contributed by atoms with van der Waals surface area (Å²) in [6.45, 7) is 0. The maximum atomic E-state index is 2.55. The van der Waals surface area contributed by atoms with Gasteiger partial charge in [-0.2, -0.15) is 0 Å². The van der Waals surface area contributed by atoms with E-state index in [1.807, 2.05) is 0 Å². The molecule has 5 heteroatoms. The zero-order valence-corrected chi connectivity index (χ0v) is 40.0. The molecule has 0 N–H and O–H groups in total. The molecule has 6 saturated carbocycles. The smallest absolute Gasteiger partial charge is 0.0376 e. The second-order valence-corrected chi connectivity index (χ2v) is 26.1. The molecule has 0 spiro atoms. The van der Waals surface area contributed by atoms with Crippen LogP contribution in [0.5, 0.6) is 0 Å². The average molecular weight is 855 g/mol. The first-order valence-electron chi connectivity index (χ1n) is 24.5. The van der Waals surface area contributed by atoms with Crippen molar-refractivity contribution in [1.82, 2.24) is 9.80 Å². The van der Waals surface area contributed by atoms with Crippen molar-refractivity contribution >= 4 is 15.8 Å². The van der Waals surface area contributed by atoms with E-state index in [-0.39, 0.29) is 32.9 Å². The van der Waals surface area contributed by atoms with Crippen LogP contribution in [0.15, 0.2) is 60.7 Å². The maximum absolute atomic E-state index is 2.55. The first-order chi connectivity index (χ1) is 27.5. The summed E-state index contributed by atoms with van der Waals surface area (Å²) in [5.41, 5.74) is 9.54. The van der Waals surface area contributed by atoms with E-state index in [1.165, 1.54) is 116 Å². The Labute approximate surface area is 365 Å². The molecule has 6 atom stereocenters. The largest absolute Gasteiger partial charge is 0.302 e. The summed E-state index contributed by atoms with van der Waals surface area (Å²) in [5, 5.41) is 0. The summed E-state index contributed by atoms with van der Waals surface area (Å²) in [4.78, 5) is 5.10. The minimum atomic E-state index is 0. The standard InChI is InChI=1S/2C26H42NP.Fe/c2*1-27(2)26(21-13-6-3-7-14-21)24-19-12-20-25(24)28(22-15-8-4-9-16-22)23-17-10-5-11-18-23;/h2*3,6-7,13-14,22-26H,4-5,8-12,15-20H2,1-2H3;. The zero-order chi connectivity index (χ0) is 38.7. The van der Waals surface area contributed by atoms with Crippen LogP contribution in [0.3, 0.4) is 0 Å². The molecular formula is C52H84FeN2P2. The van der Waals surface area contributed by atoms with E-state index in [1.54, 1.807) is 62.5 Å². The summed E-state index contributed by atoms with van der Waals surface area (Å²) in [7, 11) is 9.70. The third kappa shape index (κ3) is 12.0. The second kappa shape index (κ2) is 23.8. The zero-order valence-electron chi connectivity index (χ0n) is 37.1. The number of hydrogen-bond acceptors (Lipinski definition) is 2. The molecule has 2 aromatic rings. The molecule has 2 nitrogen and oxygen atoms in total. The monoisotopic (exact) mass is 855 g/mol. The third-order valence-electron chi connectivity index (χ3n) is 16.0. The molecule has 0 radical (unpaired) electrons. The molecule has 0 heterocycles. The number of benzene rings is 2. The fourth-order valence-electron chi connectivity index (χ4n) is 13.8. The fourth-order valence-corrected chi connectivity index (χ4v) is 23.4. The third-order valence-corrected chi connectivity index (χ3v) is 24.3. The maximum Gasteiger partial charge on any atom is 0.0376 e. The van der Waals surface area contributed by atoms with E-state index in [2.05, 4.69) is 98.7 Å². The molecule has 320 valence electrons. The summed E-state index contributed by atoms with van der Waals surface area (Å²) >= 11 is 0. The Morgan fingerprint density at radius 1 is 0.368 bits per heavy atom. The molecule has 0 bridgehead atoms. The van der Waals surface area contributed by atoms with Gasteiger partial charge >= 0.3 is 0 Å². The molecule has 57 heavy (non-hydrogen) atoms. The average Bonchev–Trinajstić information content (AvgIpc) is 3.91. The van der Waals surface area contributed by atoms with E-state index in [4.69, 9.17) is 0 Å². The molecule has 6 unspecified atom stereocenters. The Morgan fingerprint density at radius 3 is 0.912 bits per heavy atom. The van der Waals surface area contributed by atoms with Crippen molar-refractivity contribution in [3.05, 3.63) is 71.8 Å². The van der Waals surface area contributed by atoms with E-state index in [0.717, 1.165) is 45.8 Å². The molecule has 0 amide bonds. The molecular weight excluding hydrogens is 770 g/mol. The Balaban J connectivity index is 0.000000189. The molecule has 2 aromatic carbocycles. The molecule has 0 saturated heterocycles. The molecule has 6 aliphatic carbocycles. The minimum absolute atomic E-state index is 0. The van der Waals surface area contributed by atoms with Gasteiger partial charge in [0.15, 0.2) is 0 Å². The van der Waals surface area contributed by atoms with E-state index in [0.29, 0.717) is 12.1 Å². The summed E-state index contributed by atoms with van der Waals surface area (Å²) < 4.78 is 0. The van der Waals surface area contributed by atoms with Crippen LogP contribution >= 0.6 is 15.8 Å². The molecule has 6 fully saturated rings. The molecule has 8 rings (SSSR count). The van der Waals surface area contributed by atoms with Crippen molar-refractivity contribution < 1.29 is 17.1 Å². The SMILES string of the molecule is CN(C)C(c1ccccc1)C1CCCC1P(C1CCCCC1)C1CCCCC1.CN(C)C(c1ccccc1)C1CCCC1P(C1CCCCC1)C1CCCCC1.[Fe]. The van der Waals surface area contributed by atoms with Crippen molar-refractivity contribution in [2.24, 2.45) is 11.8 Å². The van der Waals surface area contributed by atoms with Crippen LogP contribution in [-0.4, -0.2) is 71.9 Å². The van der Waals surface area contributed by atoms with Crippen molar-refractivity contribution in [2.75, 3.05) is 28.2 Å². The van der Waals surface area contributed by atoms with Crippen LogP contribution in [0.25, 0.3) is 0 Å². The first-order valence-corrected chi connectivity index (χ1v) is 27.6. The van der Waals surface area contributed by atoms with Crippen LogP contribution in [0, 0.1) is 11.8 Å². The quantitative estimate of drug-likeness (QED) is 0.155. The molecule has 0 aromatic heterocycles. The number of hydrogen-bond donors (Lipinski definition) is 0. The Bertz CT molecular complexity index is 1220. The van der Waals surface area contributed by atoms with Crippen molar-refractivity contribution in [1.29, 1.82) is 0 Å². The van der Waals surface area contributed by atoms with Crippen LogP contribution < -0.4 is 0 Å². The predicted octanol–water partition coefficient (Wildman–Crippen LogP) is 15.2. The van der Waals surface area contributed by atoms with Gasteiger partial charge in [-0.25, -0.2) is 0 Å². The predicted molar refractivity (Wildman–Crippen MR) is 249 cm³/mol. The second-order valence-electron chi connectivity index (χ2n) is 20.0. The van der Waals surface area contributed by atoms with E-state index >= 15 is 0 Å². The topological polar surface area (TPSA) is 6.48 Å². The summed E-state index contributed by atoms with van der Waals surface area (Å²) in [5.74, 6) is 1.76. The normalized spacial score (nSPS) is 28.4. The van der Waals surface area contributed by atoms with Gasteiger partial charge in [0, 0.05) is 29.2 Å². The Kier molecular flexibility index (Phi) is 19.3. The van der Waals surface area contributed by atoms with Crippen molar-refractivity contribution in [2.45, 2.75) is 213 Å². The summed E-state index contributed by atoms with van der Waals surface area (Å²) in [6, 6.07) is 24.2. The van der Waals surface area contributed by atoms with Gasteiger partial charge in [0.2, 0.25) is 0 Å². The Morgan fingerprint density at radius 2 is 0.649 bits per heavy atom. The minimum Gasteiger partial charge on any atom is -0.302 e. The fraction of sp³-hybridized carbons (Fsp3) is 0.769. The van der Waals surface area contributed by atoms with Gasteiger partial charge in [-0.15, -0.1) is 0 Å². The van der Waals surface area contributed by atoms with Gasteiger partial charge in [0.25, 0.3) is 0 Å². The molecule has 6 aliphatic rings. The van der Waals surface area contributed by atoms with Gasteiger partial charge < -0.3 is 9.80 Å². The van der Waals surface area contributed by atoms with Gasteiger partial charge in [-0.05, 0) is 162 Å². The van der Waals surface area contributed by atoms with Gasteiger partial charge in [0.05, 0.1) is 0 Å². The van der Waals surface area contributed by atoms with Gasteiger partial charge in [-0.3, -0.25) is 0 Å². The van der Waals surface area contributed by atoms with Crippen LogP contribution in [0.1, 0.15) is 190 Å². The van der Waals surface area contributed by atoms with Crippen molar-refractivity contribution in [3.8, 4) is 0 Å². The Hall–Kier alpha value is -0.261.